The molecule has 0 aromatic carbocycles. The Hall–Kier alpha value is -2.36. The van der Waals surface area contributed by atoms with Gasteiger partial charge in [0.15, 0.2) is 0 Å². The molecule has 3 heterocycles. The van der Waals surface area contributed by atoms with Gasteiger partial charge in [-0.15, -0.1) is 11.3 Å². The first-order valence-corrected chi connectivity index (χ1v) is 14.2. The minimum Gasteiger partial charge on any atom is -0.396 e. The summed E-state index contributed by atoms with van der Waals surface area (Å²) >= 11 is 1.69. The molecule has 0 amide bonds. The first-order valence-electron chi connectivity index (χ1n) is 13.4. The number of aryl methyl sites for hydroxylation is 1. The van der Waals surface area contributed by atoms with Crippen LogP contribution in [-0.2, 0) is 4.74 Å². The van der Waals surface area contributed by atoms with Crippen LogP contribution in [0.3, 0.4) is 0 Å². The Labute approximate surface area is 217 Å². The van der Waals surface area contributed by atoms with E-state index in [1.807, 2.05) is 20.0 Å². The van der Waals surface area contributed by atoms with Gasteiger partial charge in [-0.05, 0) is 77.7 Å². The van der Waals surface area contributed by atoms with E-state index in [1.165, 1.54) is 17.5 Å². The van der Waals surface area contributed by atoms with Crippen LogP contribution in [0, 0.1) is 12.8 Å². The topological polar surface area (TPSA) is 105 Å². The SMILES string of the molecule is CCOC(C)CCCNc1nc(C)c(-c2nc3c(C4CC4)nccc3s2)c(NC2CCC(CO)C2)n1. The van der Waals surface area contributed by atoms with E-state index in [2.05, 4.69) is 28.6 Å². The fourth-order valence-electron chi connectivity index (χ4n) is 5.17. The maximum atomic E-state index is 9.63. The molecule has 0 aliphatic heterocycles. The summed E-state index contributed by atoms with van der Waals surface area (Å²) in [6.07, 6.45) is 9.57. The fraction of sp³-hybridized carbons (Fsp3) is 0.630. The van der Waals surface area contributed by atoms with E-state index >= 15 is 0 Å². The van der Waals surface area contributed by atoms with Crippen LogP contribution in [0.2, 0.25) is 0 Å². The summed E-state index contributed by atoms with van der Waals surface area (Å²) in [5.41, 5.74) is 4.04. The van der Waals surface area contributed by atoms with Gasteiger partial charge in [0.05, 0.1) is 27.8 Å². The van der Waals surface area contributed by atoms with E-state index in [4.69, 9.17) is 19.7 Å². The van der Waals surface area contributed by atoms with E-state index in [9.17, 15) is 5.11 Å². The third kappa shape index (κ3) is 5.79. The smallest absolute Gasteiger partial charge is 0.224 e. The highest BCUT2D eigenvalue weighted by atomic mass is 32.1. The van der Waals surface area contributed by atoms with Crippen LogP contribution in [-0.4, -0.2) is 56.9 Å². The van der Waals surface area contributed by atoms with Crippen LogP contribution in [0.1, 0.15) is 76.1 Å². The maximum Gasteiger partial charge on any atom is 0.224 e. The monoisotopic (exact) mass is 510 g/mol. The molecular formula is C27H38N6O2S. The molecule has 0 spiro atoms. The average Bonchev–Trinajstić information content (AvgIpc) is 3.45. The van der Waals surface area contributed by atoms with Crippen LogP contribution in [0.5, 0.6) is 0 Å². The maximum absolute atomic E-state index is 9.63. The first-order chi connectivity index (χ1) is 17.6. The van der Waals surface area contributed by atoms with Crippen LogP contribution in [0.4, 0.5) is 11.8 Å². The Kier molecular flexibility index (Phi) is 7.98. The second kappa shape index (κ2) is 11.4. The number of pyridine rings is 1. The molecule has 2 fully saturated rings. The summed E-state index contributed by atoms with van der Waals surface area (Å²) < 4.78 is 6.81. The summed E-state index contributed by atoms with van der Waals surface area (Å²) in [5.74, 6) is 2.37. The van der Waals surface area contributed by atoms with Crippen molar-refractivity contribution in [2.24, 2.45) is 5.92 Å². The van der Waals surface area contributed by atoms with Crippen molar-refractivity contribution in [1.82, 2.24) is 19.9 Å². The molecule has 2 aliphatic carbocycles. The van der Waals surface area contributed by atoms with Gasteiger partial charge in [-0.1, -0.05) is 0 Å². The van der Waals surface area contributed by atoms with Crippen molar-refractivity contribution in [3.8, 4) is 10.6 Å². The predicted molar refractivity (Wildman–Crippen MR) is 146 cm³/mol. The normalized spacial score (nSPS) is 20.7. The third-order valence-corrected chi connectivity index (χ3v) is 8.30. The number of anilines is 2. The number of aliphatic hydroxyl groups is 1. The highest BCUT2D eigenvalue weighted by Gasteiger charge is 2.30. The molecule has 3 atom stereocenters. The zero-order valence-corrected chi connectivity index (χ0v) is 22.4. The van der Waals surface area contributed by atoms with Crippen molar-refractivity contribution in [1.29, 1.82) is 0 Å². The summed E-state index contributed by atoms with van der Waals surface area (Å²) in [4.78, 5) is 19.5. The van der Waals surface area contributed by atoms with Crippen molar-refractivity contribution in [3.63, 3.8) is 0 Å². The Morgan fingerprint density at radius 3 is 2.81 bits per heavy atom. The quantitative estimate of drug-likeness (QED) is 0.273. The number of hydrogen-bond acceptors (Lipinski definition) is 9. The molecule has 9 heteroatoms. The number of rotatable bonds is 12. The van der Waals surface area contributed by atoms with Crippen molar-refractivity contribution >= 4 is 33.3 Å². The summed E-state index contributed by atoms with van der Waals surface area (Å²) in [6, 6.07) is 2.35. The molecule has 2 aliphatic rings. The molecular weight excluding hydrogens is 472 g/mol. The highest BCUT2D eigenvalue weighted by Crippen LogP contribution is 2.44. The van der Waals surface area contributed by atoms with Gasteiger partial charge < -0.3 is 20.5 Å². The van der Waals surface area contributed by atoms with Crippen LogP contribution >= 0.6 is 11.3 Å². The number of hydrogen-bond donors (Lipinski definition) is 3. The lowest BCUT2D eigenvalue weighted by atomic mass is 10.1. The molecule has 36 heavy (non-hydrogen) atoms. The van der Waals surface area contributed by atoms with E-state index in [1.54, 1.807) is 11.3 Å². The Morgan fingerprint density at radius 1 is 1.19 bits per heavy atom. The second-order valence-corrected chi connectivity index (χ2v) is 11.3. The Morgan fingerprint density at radius 2 is 2.06 bits per heavy atom. The molecule has 5 rings (SSSR count). The van der Waals surface area contributed by atoms with E-state index in [-0.39, 0.29) is 18.8 Å². The number of thiazole rings is 1. The lowest BCUT2D eigenvalue weighted by molar-refractivity contribution is 0.0695. The van der Waals surface area contributed by atoms with Gasteiger partial charge in [0.1, 0.15) is 16.3 Å². The van der Waals surface area contributed by atoms with Gasteiger partial charge >= 0.3 is 0 Å². The van der Waals surface area contributed by atoms with Gasteiger partial charge in [-0.25, -0.2) is 9.97 Å². The number of fused-ring (bicyclic) bond motifs is 1. The number of ether oxygens (including phenoxy) is 1. The lowest BCUT2D eigenvalue weighted by Gasteiger charge is -2.18. The number of aliphatic hydroxyl groups excluding tert-OH is 1. The fourth-order valence-corrected chi connectivity index (χ4v) is 6.24. The van der Waals surface area contributed by atoms with E-state index < -0.39 is 0 Å². The first kappa shape index (κ1) is 25.3. The van der Waals surface area contributed by atoms with E-state index in [0.717, 1.165) is 78.5 Å². The van der Waals surface area contributed by atoms with Gasteiger partial charge in [0.25, 0.3) is 0 Å². The van der Waals surface area contributed by atoms with Crippen LogP contribution < -0.4 is 10.6 Å². The third-order valence-electron chi connectivity index (χ3n) is 7.27. The van der Waals surface area contributed by atoms with Crippen molar-refractivity contribution in [2.75, 3.05) is 30.4 Å². The van der Waals surface area contributed by atoms with Crippen molar-refractivity contribution in [3.05, 3.63) is 23.7 Å². The van der Waals surface area contributed by atoms with Crippen LogP contribution in [0.25, 0.3) is 20.8 Å². The van der Waals surface area contributed by atoms with Gasteiger partial charge in [-0.2, -0.15) is 4.98 Å². The Balaban J connectivity index is 1.42. The molecule has 194 valence electrons. The summed E-state index contributed by atoms with van der Waals surface area (Å²) in [6.45, 7) is 7.98. The average molecular weight is 511 g/mol. The molecule has 3 aromatic rings. The molecule has 0 saturated heterocycles. The van der Waals surface area contributed by atoms with Gasteiger partial charge in [-0.3, -0.25) is 4.98 Å². The van der Waals surface area contributed by atoms with Gasteiger partial charge in [0.2, 0.25) is 5.95 Å². The summed E-state index contributed by atoms with van der Waals surface area (Å²) in [7, 11) is 0. The molecule has 2 saturated carbocycles. The van der Waals surface area contributed by atoms with Crippen molar-refractivity contribution in [2.45, 2.75) is 83.8 Å². The number of nitrogens with zero attached hydrogens (tertiary/aromatic N) is 4. The second-order valence-electron chi connectivity index (χ2n) is 10.2. The molecule has 3 unspecified atom stereocenters. The number of aromatic nitrogens is 4. The Bertz CT molecular complexity index is 1180. The molecule has 3 N–H and O–H groups in total. The zero-order valence-electron chi connectivity index (χ0n) is 21.6. The van der Waals surface area contributed by atoms with E-state index in [0.29, 0.717) is 17.8 Å². The molecule has 8 nitrogen and oxygen atoms in total. The standard InChI is InChI=1S/C27H38N6O2S/c1-4-35-16(2)6-5-12-29-27-30-17(3)22(25(33-27)31-20-10-7-18(14-20)15-34)26-32-24-21(36-26)11-13-28-23(24)19-8-9-19/h11,13,16,18-20,34H,4-10,12,14-15H2,1-3H3,(H2,29,30,31,33). The minimum atomic E-state index is 0.246. The minimum absolute atomic E-state index is 0.246. The summed E-state index contributed by atoms with van der Waals surface area (Å²) in [5, 5.41) is 17.7. The zero-order chi connectivity index (χ0) is 25.1. The molecule has 0 bridgehead atoms. The lowest BCUT2D eigenvalue weighted by Crippen LogP contribution is -2.19. The molecule has 3 aromatic heterocycles. The highest BCUT2D eigenvalue weighted by molar-refractivity contribution is 7.21. The number of nitrogens with one attached hydrogen (secondary N) is 2. The molecule has 0 radical (unpaired) electrons. The largest absolute Gasteiger partial charge is 0.396 e. The predicted octanol–water partition coefficient (Wildman–Crippen LogP) is 5.52. The van der Waals surface area contributed by atoms with Crippen molar-refractivity contribution < 1.29 is 9.84 Å². The van der Waals surface area contributed by atoms with Gasteiger partial charge in [0, 0.05) is 37.9 Å². The van der Waals surface area contributed by atoms with Crippen LogP contribution in [0.15, 0.2) is 12.3 Å².